The number of thiophene rings is 2. The Hall–Kier alpha value is -5.65. The van der Waals surface area contributed by atoms with Gasteiger partial charge in [-0.1, -0.05) is 66.7 Å². The molecule has 11 heteroatoms. The number of pyridine rings is 3. The second-order valence-electron chi connectivity index (χ2n) is 10.7. The Kier molecular flexibility index (Phi) is 8.30. The molecule has 2 aromatic carbocycles. The SMILES string of the molecule is CCOC(=O)c1sc2nc(-c3cccc(-c4cc(-c5ccccc5)c5c(N)c(C(=O)OCC)sc5n4)n3)cc(-c3ccccc3)c2c1N. The zero-order chi connectivity index (χ0) is 33.4. The van der Waals surface area contributed by atoms with E-state index in [9.17, 15) is 9.59 Å². The van der Waals surface area contributed by atoms with Crippen LogP contribution in [0, 0.1) is 0 Å². The summed E-state index contributed by atoms with van der Waals surface area (Å²) < 4.78 is 10.6. The summed E-state index contributed by atoms with van der Waals surface area (Å²) in [5.41, 5.74) is 19.8. The third-order valence-electron chi connectivity index (χ3n) is 7.76. The lowest BCUT2D eigenvalue weighted by Crippen LogP contribution is -2.04. The molecule has 48 heavy (non-hydrogen) atoms. The lowest BCUT2D eigenvalue weighted by Gasteiger charge is -2.11. The van der Waals surface area contributed by atoms with Crippen molar-refractivity contribution < 1.29 is 19.1 Å². The number of fused-ring (bicyclic) bond motifs is 2. The maximum Gasteiger partial charge on any atom is 0.350 e. The van der Waals surface area contributed by atoms with Crippen molar-refractivity contribution in [3.63, 3.8) is 0 Å². The molecule has 7 rings (SSSR count). The number of ether oxygens (including phenoxy) is 2. The summed E-state index contributed by atoms with van der Waals surface area (Å²) in [6.45, 7) is 3.99. The molecular weight excluding hydrogens is 643 g/mol. The first-order valence-corrected chi connectivity index (χ1v) is 16.9. The first-order valence-electron chi connectivity index (χ1n) is 15.3. The van der Waals surface area contributed by atoms with Crippen LogP contribution in [0.1, 0.15) is 33.2 Å². The van der Waals surface area contributed by atoms with Crippen molar-refractivity contribution in [2.24, 2.45) is 0 Å². The Bertz CT molecular complexity index is 2180. The van der Waals surface area contributed by atoms with E-state index in [0.29, 0.717) is 64.3 Å². The Morgan fingerprint density at radius 2 is 1.00 bits per heavy atom. The van der Waals surface area contributed by atoms with Crippen molar-refractivity contribution in [1.29, 1.82) is 0 Å². The fraction of sp³-hybridized carbons (Fsp3) is 0.108. The minimum Gasteiger partial charge on any atom is -0.462 e. The minimum atomic E-state index is -0.477. The van der Waals surface area contributed by atoms with Crippen LogP contribution >= 0.6 is 22.7 Å². The number of rotatable bonds is 8. The number of hydrogen-bond acceptors (Lipinski definition) is 11. The van der Waals surface area contributed by atoms with Crippen molar-refractivity contribution in [1.82, 2.24) is 15.0 Å². The van der Waals surface area contributed by atoms with Crippen LogP contribution in [0.25, 0.3) is 65.5 Å². The first kappa shape index (κ1) is 31.0. The summed E-state index contributed by atoms with van der Waals surface area (Å²) in [5, 5.41) is 1.39. The molecule has 0 spiro atoms. The Balaban J connectivity index is 1.40. The molecule has 0 amide bonds. The number of carbonyl (C=O) groups is 2. The Morgan fingerprint density at radius 1 is 0.583 bits per heavy atom. The number of nitrogens with two attached hydrogens (primary N) is 2. The van der Waals surface area contributed by atoms with Crippen LogP contribution in [0.5, 0.6) is 0 Å². The summed E-state index contributed by atoms with van der Waals surface area (Å²) in [6.07, 6.45) is 0. The van der Waals surface area contributed by atoms with Gasteiger partial charge in [-0.3, -0.25) is 0 Å². The van der Waals surface area contributed by atoms with E-state index in [0.717, 1.165) is 22.3 Å². The number of nitrogen functional groups attached to an aromatic ring is 2. The maximum absolute atomic E-state index is 12.8. The largest absolute Gasteiger partial charge is 0.462 e. The quantitative estimate of drug-likeness (QED) is 0.152. The molecule has 0 bridgehead atoms. The molecule has 238 valence electrons. The van der Waals surface area contributed by atoms with Crippen LogP contribution in [0.2, 0.25) is 0 Å². The van der Waals surface area contributed by atoms with Gasteiger partial charge in [0, 0.05) is 10.8 Å². The smallest absolute Gasteiger partial charge is 0.350 e. The molecular formula is C37H29N5O4S2. The van der Waals surface area contributed by atoms with Crippen molar-refractivity contribution >= 4 is 66.4 Å². The Morgan fingerprint density at radius 3 is 1.40 bits per heavy atom. The highest BCUT2D eigenvalue weighted by atomic mass is 32.1. The molecule has 0 saturated heterocycles. The van der Waals surface area contributed by atoms with Gasteiger partial charge < -0.3 is 20.9 Å². The van der Waals surface area contributed by atoms with Gasteiger partial charge in [0.05, 0.1) is 47.4 Å². The fourth-order valence-electron chi connectivity index (χ4n) is 5.61. The van der Waals surface area contributed by atoms with Crippen molar-refractivity contribution in [2.45, 2.75) is 13.8 Å². The van der Waals surface area contributed by atoms with E-state index in [2.05, 4.69) is 0 Å². The number of nitrogens with zero attached hydrogens (tertiary/aromatic N) is 3. The molecule has 0 aliphatic rings. The molecule has 0 aliphatic carbocycles. The van der Waals surface area contributed by atoms with Crippen molar-refractivity contribution in [3.8, 4) is 45.0 Å². The van der Waals surface area contributed by atoms with Crippen LogP contribution in [0.4, 0.5) is 11.4 Å². The van der Waals surface area contributed by atoms with E-state index in [1.165, 1.54) is 22.7 Å². The second-order valence-corrected chi connectivity index (χ2v) is 12.7. The van der Waals surface area contributed by atoms with Crippen molar-refractivity contribution in [3.05, 3.63) is 101 Å². The van der Waals surface area contributed by atoms with Gasteiger partial charge in [-0.2, -0.15) is 0 Å². The van der Waals surface area contributed by atoms with Gasteiger partial charge in [-0.15, -0.1) is 22.7 Å². The molecule has 4 N–H and O–H groups in total. The van der Waals surface area contributed by atoms with E-state index in [1.807, 2.05) is 91.0 Å². The van der Waals surface area contributed by atoms with Gasteiger partial charge in [0.25, 0.3) is 0 Å². The molecule has 0 radical (unpaired) electrons. The number of anilines is 2. The zero-order valence-corrected chi connectivity index (χ0v) is 27.7. The predicted molar refractivity (Wildman–Crippen MR) is 193 cm³/mol. The number of hydrogen-bond donors (Lipinski definition) is 2. The lowest BCUT2D eigenvalue weighted by atomic mass is 10.00. The molecule has 0 atom stereocenters. The third-order valence-corrected chi connectivity index (χ3v) is 9.92. The maximum atomic E-state index is 12.8. The molecule has 7 aromatic rings. The molecule has 0 fully saturated rings. The van der Waals surface area contributed by atoms with Gasteiger partial charge in [-0.05, 0) is 60.4 Å². The average molecular weight is 672 g/mol. The summed E-state index contributed by atoms with van der Waals surface area (Å²) in [4.78, 5) is 42.3. The second kappa shape index (κ2) is 12.9. The lowest BCUT2D eigenvalue weighted by molar-refractivity contribution is 0.0523. The van der Waals surface area contributed by atoms with E-state index < -0.39 is 11.9 Å². The Labute approximate surface area is 283 Å². The van der Waals surface area contributed by atoms with Crippen molar-refractivity contribution in [2.75, 3.05) is 24.7 Å². The molecule has 9 nitrogen and oxygen atoms in total. The highest BCUT2D eigenvalue weighted by molar-refractivity contribution is 7.21. The molecule has 0 aliphatic heterocycles. The number of esters is 2. The van der Waals surface area contributed by atoms with E-state index in [4.69, 9.17) is 35.9 Å². The normalized spacial score (nSPS) is 11.2. The molecule has 0 saturated carbocycles. The summed E-state index contributed by atoms with van der Waals surface area (Å²) in [6, 6.07) is 29.2. The number of carbonyl (C=O) groups excluding carboxylic acids is 2. The van der Waals surface area contributed by atoms with E-state index in [-0.39, 0.29) is 13.2 Å². The van der Waals surface area contributed by atoms with Crippen LogP contribution in [0.15, 0.2) is 91.0 Å². The number of benzene rings is 2. The summed E-state index contributed by atoms with van der Waals surface area (Å²) in [7, 11) is 0. The third kappa shape index (κ3) is 5.52. The van der Waals surface area contributed by atoms with E-state index in [1.54, 1.807) is 13.8 Å². The zero-order valence-electron chi connectivity index (χ0n) is 26.0. The molecule has 5 heterocycles. The molecule has 5 aromatic heterocycles. The topological polar surface area (TPSA) is 143 Å². The van der Waals surface area contributed by atoms with Crippen LogP contribution < -0.4 is 11.5 Å². The molecule has 0 unspecified atom stereocenters. The first-order chi connectivity index (χ1) is 23.4. The summed E-state index contributed by atoms with van der Waals surface area (Å²) in [5.74, 6) is -0.954. The summed E-state index contributed by atoms with van der Waals surface area (Å²) >= 11 is 2.40. The minimum absolute atomic E-state index is 0.238. The van der Waals surface area contributed by atoms with Crippen LogP contribution in [0.3, 0.4) is 0 Å². The van der Waals surface area contributed by atoms with Gasteiger partial charge in [0.2, 0.25) is 0 Å². The van der Waals surface area contributed by atoms with Gasteiger partial charge in [0.15, 0.2) is 0 Å². The highest BCUT2D eigenvalue weighted by Gasteiger charge is 2.24. The monoisotopic (exact) mass is 671 g/mol. The number of aromatic nitrogens is 3. The van der Waals surface area contributed by atoms with Crippen LogP contribution in [-0.2, 0) is 9.47 Å². The fourth-order valence-corrected chi connectivity index (χ4v) is 7.64. The van der Waals surface area contributed by atoms with Gasteiger partial charge in [-0.25, -0.2) is 24.5 Å². The standard InChI is InChI=1S/C37H29N5O4S2/c1-3-45-36(43)32-30(38)28-22(20-12-7-5-8-13-20)18-26(41-34(28)47-32)24-16-11-17-25(40-24)27-19-23(21-14-9-6-10-15-21)29-31(39)33(37(44)46-4-2)48-35(29)42-27/h5-19H,3-4,38-39H2,1-2H3. The van der Waals surface area contributed by atoms with Gasteiger partial charge >= 0.3 is 11.9 Å². The van der Waals surface area contributed by atoms with Gasteiger partial charge in [0.1, 0.15) is 19.4 Å². The average Bonchev–Trinajstić information content (AvgIpc) is 3.64. The predicted octanol–water partition coefficient (Wildman–Crippen LogP) is 8.49. The van der Waals surface area contributed by atoms with Crippen LogP contribution in [-0.4, -0.2) is 40.1 Å². The van der Waals surface area contributed by atoms with E-state index >= 15 is 0 Å². The highest BCUT2D eigenvalue weighted by Crippen LogP contribution is 2.43.